The number of aryl methyl sites for hydroxylation is 2. The van der Waals surface area contributed by atoms with Crippen molar-refractivity contribution >= 4 is 5.95 Å². The molecule has 0 saturated heterocycles. The number of benzene rings is 1. The van der Waals surface area contributed by atoms with E-state index in [1.807, 2.05) is 30.5 Å². The van der Waals surface area contributed by atoms with Gasteiger partial charge in [-0.15, -0.1) is 10.2 Å². The van der Waals surface area contributed by atoms with E-state index in [2.05, 4.69) is 10.2 Å². The van der Waals surface area contributed by atoms with Crippen LogP contribution in [-0.4, -0.2) is 21.8 Å². The fourth-order valence-corrected chi connectivity index (χ4v) is 1.76. The first-order valence-electron chi connectivity index (χ1n) is 5.38. The van der Waals surface area contributed by atoms with Gasteiger partial charge in [0.2, 0.25) is 5.95 Å². The number of halogens is 1. The Kier molecular flexibility index (Phi) is 3.08. The molecule has 0 spiro atoms. The molecule has 4 nitrogen and oxygen atoms in total. The lowest BCUT2D eigenvalue weighted by atomic mass is 10.1. The van der Waals surface area contributed by atoms with Gasteiger partial charge in [0.15, 0.2) is 0 Å². The van der Waals surface area contributed by atoms with Crippen LogP contribution in [0.1, 0.15) is 11.1 Å². The highest BCUT2D eigenvalue weighted by Crippen LogP contribution is 2.15. The minimum absolute atomic E-state index is 0.211. The average molecular weight is 234 g/mol. The van der Waals surface area contributed by atoms with Gasteiger partial charge in [0.1, 0.15) is 12.1 Å². The van der Waals surface area contributed by atoms with Gasteiger partial charge in [-0.05, 0) is 30.2 Å². The summed E-state index contributed by atoms with van der Waals surface area (Å²) in [6, 6.07) is 4.82. The SMILES string of the molecule is Cc1ccc(F)cc1CN(C)c1nncn1C. The third-order valence-electron chi connectivity index (χ3n) is 2.75. The highest BCUT2D eigenvalue weighted by atomic mass is 19.1. The number of rotatable bonds is 3. The summed E-state index contributed by atoms with van der Waals surface area (Å²) in [5.41, 5.74) is 2.02. The van der Waals surface area contributed by atoms with Crippen molar-refractivity contribution in [3.05, 3.63) is 41.5 Å². The lowest BCUT2D eigenvalue weighted by molar-refractivity contribution is 0.624. The van der Waals surface area contributed by atoms with Crippen LogP contribution in [0.25, 0.3) is 0 Å². The maximum Gasteiger partial charge on any atom is 0.226 e. The van der Waals surface area contributed by atoms with Crippen molar-refractivity contribution in [2.24, 2.45) is 7.05 Å². The van der Waals surface area contributed by atoms with Crippen LogP contribution in [0.5, 0.6) is 0 Å². The molecule has 0 radical (unpaired) electrons. The maximum absolute atomic E-state index is 13.2. The van der Waals surface area contributed by atoms with E-state index in [1.54, 1.807) is 18.5 Å². The Hall–Kier alpha value is -1.91. The smallest absolute Gasteiger partial charge is 0.226 e. The molecule has 1 heterocycles. The van der Waals surface area contributed by atoms with E-state index in [9.17, 15) is 4.39 Å². The van der Waals surface area contributed by atoms with E-state index in [0.717, 1.165) is 17.1 Å². The molecule has 0 amide bonds. The molecule has 0 aliphatic carbocycles. The highest BCUT2D eigenvalue weighted by molar-refractivity contribution is 5.34. The van der Waals surface area contributed by atoms with Crippen LogP contribution in [0, 0.1) is 12.7 Å². The molecule has 0 aliphatic heterocycles. The van der Waals surface area contributed by atoms with Crippen LogP contribution in [0.2, 0.25) is 0 Å². The molecule has 2 rings (SSSR count). The van der Waals surface area contributed by atoms with E-state index >= 15 is 0 Å². The zero-order valence-corrected chi connectivity index (χ0v) is 10.2. The molecule has 0 fully saturated rings. The third kappa shape index (κ3) is 2.43. The summed E-state index contributed by atoms with van der Waals surface area (Å²) < 4.78 is 15.0. The van der Waals surface area contributed by atoms with Gasteiger partial charge in [0, 0.05) is 20.6 Å². The van der Waals surface area contributed by atoms with Gasteiger partial charge in [-0.1, -0.05) is 6.07 Å². The largest absolute Gasteiger partial charge is 0.340 e. The quantitative estimate of drug-likeness (QED) is 0.813. The van der Waals surface area contributed by atoms with E-state index in [0.29, 0.717) is 6.54 Å². The summed E-state index contributed by atoms with van der Waals surface area (Å²) in [5.74, 6) is 0.547. The normalized spacial score (nSPS) is 10.6. The van der Waals surface area contributed by atoms with Crippen molar-refractivity contribution in [2.45, 2.75) is 13.5 Å². The summed E-state index contributed by atoms with van der Waals surface area (Å²) >= 11 is 0. The van der Waals surface area contributed by atoms with Gasteiger partial charge in [-0.25, -0.2) is 4.39 Å². The van der Waals surface area contributed by atoms with Crippen molar-refractivity contribution < 1.29 is 4.39 Å². The van der Waals surface area contributed by atoms with Gasteiger partial charge in [-0.3, -0.25) is 0 Å². The molecule has 5 heteroatoms. The van der Waals surface area contributed by atoms with Crippen LogP contribution >= 0.6 is 0 Å². The lowest BCUT2D eigenvalue weighted by Gasteiger charge is -2.18. The number of hydrogen-bond acceptors (Lipinski definition) is 3. The van der Waals surface area contributed by atoms with Crippen LogP contribution in [0.4, 0.5) is 10.3 Å². The first-order valence-corrected chi connectivity index (χ1v) is 5.38. The van der Waals surface area contributed by atoms with Crippen LogP contribution in [-0.2, 0) is 13.6 Å². The molecule has 0 saturated carbocycles. The predicted molar refractivity (Wildman–Crippen MR) is 64.2 cm³/mol. The van der Waals surface area contributed by atoms with Crippen LogP contribution in [0.3, 0.4) is 0 Å². The molecule has 17 heavy (non-hydrogen) atoms. The van der Waals surface area contributed by atoms with E-state index in [-0.39, 0.29) is 5.82 Å². The molecule has 0 aliphatic rings. The minimum atomic E-state index is -0.211. The minimum Gasteiger partial charge on any atom is -0.340 e. The van der Waals surface area contributed by atoms with E-state index < -0.39 is 0 Å². The molecule has 0 N–H and O–H groups in total. The molecule has 90 valence electrons. The van der Waals surface area contributed by atoms with Crippen LogP contribution in [0.15, 0.2) is 24.5 Å². The molecular weight excluding hydrogens is 219 g/mol. The Balaban J connectivity index is 2.21. The Morgan fingerprint density at radius 2 is 2.18 bits per heavy atom. The van der Waals surface area contributed by atoms with Gasteiger partial charge in [-0.2, -0.15) is 0 Å². The zero-order chi connectivity index (χ0) is 12.4. The van der Waals surface area contributed by atoms with Crippen molar-refractivity contribution in [3.8, 4) is 0 Å². The number of hydrogen-bond donors (Lipinski definition) is 0. The van der Waals surface area contributed by atoms with Gasteiger partial charge >= 0.3 is 0 Å². The molecule has 0 bridgehead atoms. The third-order valence-corrected chi connectivity index (χ3v) is 2.75. The summed E-state index contributed by atoms with van der Waals surface area (Å²) in [6.45, 7) is 2.58. The van der Waals surface area contributed by atoms with E-state index in [1.165, 1.54) is 6.07 Å². The van der Waals surface area contributed by atoms with Gasteiger partial charge in [0.05, 0.1) is 0 Å². The molecular formula is C12H15FN4. The van der Waals surface area contributed by atoms with E-state index in [4.69, 9.17) is 0 Å². The Morgan fingerprint density at radius 1 is 1.41 bits per heavy atom. The maximum atomic E-state index is 13.2. The number of nitrogens with zero attached hydrogens (tertiary/aromatic N) is 4. The lowest BCUT2D eigenvalue weighted by Crippen LogP contribution is -2.20. The van der Waals surface area contributed by atoms with Gasteiger partial charge in [0.25, 0.3) is 0 Å². The van der Waals surface area contributed by atoms with Crippen molar-refractivity contribution in [2.75, 3.05) is 11.9 Å². The standard InChI is InChI=1S/C12H15FN4/c1-9-4-5-11(13)6-10(9)7-16(2)12-15-14-8-17(12)3/h4-6,8H,7H2,1-3H3. The fourth-order valence-electron chi connectivity index (χ4n) is 1.76. The second-order valence-electron chi connectivity index (χ2n) is 4.17. The predicted octanol–water partition coefficient (Wildman–Crippen LogP) is 1.90. The average Bonchev–Trinajstić information content (AvgIpc) is 2.70. The number of anilines is 1. The van der Waals surface area contributed by atoms with Crippen molar-refractivity contribution in [1.82, 2.24) is 14.8 Å². The Bertz CT molecular complexity index is 521. The highest BCUT2D eigenvalue weighted by Gasteiger charge is 2.09. The Labute approximate surface area is 99.7 Å². The summed E-state index contributed by atoms with van der Waals surface area (Å²) in [7, 11) is 3.79. The van der Waals surface area contributed by atoms with Crippen molar-refractivity contribution in [1.29, 1.82) is 0 Å². The second-order valence-corrected chi connectivity index (χ2v) is 4.17. The second kappa shape index (κ2) is 4.53. The molecule has 2 aromatic rings. The monoisotopic (exact) mass is 234 g/mol. The summed E-state index contributed by atoms with van der Waals surface area (Å²) in [4.78, 5) is 1.94. The van der Waals surface area contributed by atoms with Crippen LogP contribution < -0.4 is 4.90 Å². The molecule has 1 aromatic heterocycles. The fraction of sp³-hybridized carbons (Fsp3) is 0.333. The van der Waals surface area contributed by atoms with Gasteiger partial charge < -0.3 is 9.47 Å². The summed E-state index contributed by atoms with van der Waals surface area (Å²) in [6.07, 6.45) is 1.64. The first kappa shape index (κ1) is 11.6. The molecule has 1 aromatic carbocycles. The number of aromatic nitrogens is 3. The summed E-state index contributed by atoms with van der Waals surface area (Å²) in [5, 5.41) is 7.83. The molecule has 0 unspecified atom stereocenters. The first-order chi connectivity index (χ1) is 8.08. The Morgan fingerprint density at radius 3 is 2.82 bits per heavy atom. The zero-order valence-electron chi connectivity index (χ0n) is 10.2. The van der Waals surface area contributed by atoms with Crippen molar-refractivity contribution in [3.63, 3.8) is 0 Å². The topological polar surface area (TPSA) is 34.0 Å². The molecule has 0 atom stereocenters.